The van der Waals surface area contributed by atoms with Crippen LogP contribution < -0.4 is 0 Å². The lowest BCUT2D eigenvalue weighted by Crippen LogP contribution is -2.27. The molecule has 0 amide bonds. The minimum Gasteiger partial charge on any atom is -0.356 e. The normalized spacial score (nSPS) is 19.0. The summed E-state index contributed by atoms with van der Waals surface area (Å²) < 4.78 is 0. The minimum absolute atomic E-state index is 1.08. The fourth-order valence-electron chi connectivity index (χ4n) is 3.12. The van der Waals surface area contributed by atoms with Crippen molar-refractivity contribution >= 4 is 17.6 Å². The third-order valence-corrected chi connectivity index (χ3v) is 4.18. The van der Waals surface area contributed by atoms with Crippen LogP contribution in [0.2, 0.25) is 0 Å². The van der Waals surface area contributed by atoms with Crippen LogP contribution in [0.25, 0.3) is 11.8 Å². The Balaban J connectivity index is 1.79. The monoisotopic (exact) mass is 274 g/mol. The van der Waals surface area contributed by atoms with Gasteiger partial charge in [0.2, 0.25) is 0 Å². The summed E-state index contributed by atoms with van der Waals surface area (Å²) in [6.45, 7) is 2.26. The third kappa shape index (κ3) is 2.27. The van der Waals surface area contributed by atoms with Crippen LogP contribution in [-0.4, -0.2) is 23.8 Å². The van der Waals surface area contributed by atoms with Gasteiger partial charge in [0.05, 0.1) is 5.70 Å². The van der Waals surface area contributed by atoms with E-state index in [1.807, 2.05) is 6.07 Å². The van der Waals surface area contributed by atoms with Crippen molar-refractivity contribution in [2.24, 2.45) is 4.99 Å². The number of hydrogen-bond acceptors (Lipinski definition) is 2. The predicted molar refractivity (Wildman–Crippen MR) is 88.1 cm³/mol. The second kappa shape index (κ2) is 5.21. The highest BCUT2D eigenvalue weighted by atomic mass is 15.2. The molecule has 0 unspecified atom stereocenters. The van der Waals surface area contributed by atoms with E-state index in [-0.39, 0.29) is 0 Å². The number of fused-ring (bicyclic) bond motifs is 1. The molecule has 0 aromatic heterocycles. The Bertz CT molecular complexity index is 707. The lowest BCUT2D eigenvalue weighted by Gasteiger charge is -2.17. The Morgan fingerprint density at radius 2 is 1.48 bits per heavy atom. The fourth-order valence-corrected chi connectivity index (χ4v) is 3.12. The molecule has 0 saturated carbocycles. The number of benzene rings is 2. The first-order valence-corrected chi connectivity index (χ1v) is 7.62. The van der Waals surface area contributed by atoms with Gasteiger partial charge in [-0.25, -0.2) is 4.99 Å². The lowest BCUT2D eigenvalue weighted by atomic mass is 10.0. The summed E-state index contributed by atoms with van der Waals surface area (Å²) in [5, 5.41) is 0. The van der Waals surface area contributed by atoms with Gasteiger partial charge in [-0.1, -0.05) is 54.6 Å². The second-order valence-electron chi connectivity index (χ2n) is 5.62. The molecule has 21 heavy (non-hydrogen) atoms. The van der Waals surface area contributed by atoms with Gasteiger partial charge in [-0.2, -0.15) is 0 Å². The maximum absolute atomic E-state index is 4.94. The van der Waals surface area contributed by atoms with Gasteiger partial charge in [-0.3, -0.25) is 0 Å². The van der Waals surface area contributed by atoms with Crippen molar-refractivity contribution in [3.8, 4) is 0 Å². The van der Waals surface area contributed by atoms with Crippen LogP contribution in [0.1, 0.15) is 29.5 Å². The van der Waals surface area contributed by atoms with E-state index in [1.54, 1.807) is 0 Å². The number of amidine groups is 1. The largest absolute Gasteiger partial charge is 0.356 e. The highest BCUT2D eigenvalue weighted by Gasteiger charge is 2.25. The summed E-state index contributed by atoms with van der Waals surface area (Å²) in [5.74, 6) is 1.16. The van der Waals surface area contributed by atoms with Crippen LogP contribution in [0.5, 0.6) is 0 Å². The van der Waals surface area contributed by atoms with Gasteiger partial charge in [-0.15, -0.1) is 0 Å². The van der Waals surface area contributed by atoms with Gasteiger partial charge in [0.1, 0.15) is 5.84 Å². The lowest BCUT2D eigenvalue weighted by molar-refractivity contribution is 0.522. The molecule has 1 fully saturated rings. The molecule has 0 bridgehead atoms. The zero-order chi connectivity index (χ0) is 14.1. The molecule has 2 aliphatic heterocycles. The van der Waals surface area contributed by atoms with Crippen LogP contribution in [-0.2, 0) is 0 Å². The molecule has 0 spiro atoms. The summed E-state index contributed by atoms with van der Waals surface area (Å²) >= 11 is 0. The summed E-state index contributed by atoms with van der Waals surface area (Å²) in [6.07, 6.45) is 4.74. The Morgan fingerprint density at radius 1 is 0.810 bits per heavy atom. The van der Waals surface area contributed by atoms with Crippen molar-refractivity contribution in [1.82, 2.24) is 4.90 Å². The van der Waals surface area contributed by atoms with Gasteiger partial charge in [0.15, 0.2) is 0 Å². The average molecular weight is 274 g/mol. The SMILES string of the molecule is C(=C1\N=C(N2CCCC2)c2ccccc21)/c1ccccc1. The van der Waals surface area contributed by atoms with Crippen molar-refractivity contribution in [3.63, 3.8) is 0 Å². The van der Waals surface area contributed by atoms with Gasteiger partial charge in [-0.05, 0) is 24.5 Å². The quantitative estimate of drug-likeness (QED) is 0.766. The third-order valence-electron chi connectivity index (χ3n) is 4.18. The molecule has 2 heteroatoms. The van der Waals surface area contributed by atoms with Crippen LogP contribution in [0.4, 0.5) is 0 Å². The highest BCUT2D eigenvalue weighted by Crippen LogP contribution is 2.32. The molecule has 2 aromatic rings. The first-order chi connectivity index (χ1) is 10.4. The smallest absolute Gasteiger partial charge is 0.137 e. The zero-order valence-corrected chi connectivity index (χ0v) is 12.0. The molecule has 104 valence electrons. The molecule has 1 saturated heterocycles. The van der Waals surface area contributed by atoms with Crippen molar-refractivity contribution in [2.45, 2.75) is 12.8 Å². The van der Waals surface area contributed by atoms with E-state index in [4.69, 9.17) is 4.99 Å². The van der Waals surface area contributed by atoms with Crippen LogP contribution in [0.15, 0.2) is 59.6 Å². The number of aliphatic imine (C=N–C) groups is 1. The Morgan fingerprint density at radius 3 is 2.24 bits per heavy atom. The molecule has 2 aromatic carbocycles. The van der Waals surface area contributed by atoms with Crippen LogP contribution in [0, 0.1) is 0 Å². The second-order valence-corrected chi connectivity index (χ2v) is 5.62. The molecule has 4 rings (SSSR count). The molecule has 0 N–H and O–H groups in total. The predicted octanol–water partition coefficient (Wildman–Crippen LogP) is 4.04. The maximum atomic E-state index is 4.94. The van der Waals surface area contributed by atoms with Gasteiger partial charge in [0, 0.05) is 24.2 Å². The van der Waals surface area contributed by atoms with E-state index >= 15 is 0 Å². The molecular weight excluding hydrogens is 256 g/mol. The number of likely N-dealkylation sites (tertiary alicyclic amines) is 1. The molecule has 0 atom stereocenters. The van der Waals surface area contributed by atoms with Gasteiger partial charge in [0.25, 0.3) is 0 Å². The Kier molecular flexibility index (Phi) is 3.07. The van der Waals surface area contributed by atoms with Crippen molar-refractivity contribution in [2.75, 3.05) is 13.1 Å². The van der Waals surface area contributed by atoms with E-state index in [0.717, 1.165) is 24.6 Å². The van der Waals surface area contributed by atoms with Crippen molar-refractivity contribution in [3.05, 3.63) is 71.3 Å². The van der Waals surface area contributed by atoms with Gasteiger partial charge >= 0.3 is 0 Å². The Labute approximate surface area is 125 Å². The number of rotatable bonds is 1. The van der Waals surface area contributed by atoms with E-state index in [9.17, 15) is 0 Å². The molecule has 2 aliphatic rings. The zero-order valence-electron chi connectivity index (χ0n) is 12.0. The summed E-state index contributed by atoms with van der Waals surface area (Å²) in [6, 6.07) is 19.0. The topological polar surface area (TPSA) is 15.6 Å². The van der Waals surface area contributed by atoms with E-state index in [2.05, 4.69) is 59.5 Å². The fraction of sp³-hybridized carbons (Fsp3) is 0.211. The van der Waals surface area contributed by atoms with Crippen molar-refractivity contribution in [1.29, 1.82) is 0 Å². The molecule has 0 radical (unpaired) electrons. The van der Waals surface area contributed by atoms with Crippen LogP contribution >= 0.6 is 0 Å². The van der Waals surface area contributed by atoms with E-state index in [1.165, 1.54) is 29.5 Å². The Hall–Kier alpha value is -2.35. The van der Waals surface area contributed by atoms with Crippen molar-refractivity contribution < 1.29 is 0 Å². The first-order valence-electron chi connectivity index (χ1n) is 7.62. The number of nitrogens with zero attached hydrogens (tertiary/aromatic N) is 2. The number of hydrogen-bond donors (Lipinski definition) is 0. The average Bonchev–Trinajstić information content (AvgIpc) is 3.17. The van der Waals surface area contributed by atoms with E-state index in [0.29, 0.717) is 0 Å². The standard InChI is InChI=1S/C19H18N2/c1-2-8-15(9-3-1)14-18-16-10-4-5-11-17(16)19(20-18)21-12-6-7-13-21/h1-5,8-11,14H,6-7,12-13H2/b18-14+. The summed E-state index contributed by atoms with van der Waals surface area (Å²) in [5.41, 5.74) is 4.82. The summed E-state index contributed by atoms with van der Waals surface area (Å²) in [7, 11) is 0. The molecule has 2 heterocycles. The highest BCUT2D eigenvalue weighted by molar-refractivity contribution is 6.12. The van der Waals surface area contributed by atoms with Gasteiger partial charge < -0.3 is 4.90 Å². The van der Waals surface area contributed by atoms with Crippen LogP contribution in [0.3, 0.4) is 0 Å². The molecule has 2 nitrogen and oxygen atoms in total. The first kappa shape index (κ1) is 12.4. The summed E-state index contributed by atoms with van der Waals surface area (Å²) in [4.78, 5) is 7.36. The molecular formula is C19H18N2. The minimum atomic E-state index is 1.08. The molecule has 0 aliphatic carbocycles. The maximum Gasteiger partial charge on any atom is 0.137 e. The van der Waals surface area contributed by atoms with E-state index < -0.39 is 0 Å².